The molecule has 1 aromatic carbocycles. The van der Waals surface area contributed by atoms with E-state index >= 15 is 0 Å². The van der Waals surface area contributed by atoms with Crippen LogP contribution in [0.2, 0.25) is 0 Å². The summed E-state index contributed by atoms with van der Waals surface area (Å²) in [6, 6.07) is 14.4. The summed E-state index contributed by atoms with van der Waals surface area (Å²) in [5.74, 6) is 0.933. The molecule has 0 N–H and O–H groups in total. The molecule has 2 atom stereocenters. The van der Waals surface area contributed by atoms with Crippen LogP contribution in [-0.2, 0) is 9.47 Å². The van der Waals surface area contributed by atoms with E-state index in [1.165, 1.54) is 0 Å². The van der Waals surface area contributed by atoms with Gasteiger partial charge in [-0.15, -0.1) is 0 Å². The van der Waals surface area contributed by atoms with E-state index in [4.69, 9.17) is 19.4 Å². The molecule has 0 saturated carbocycles. The molecule has 0 unspecified atom stereocenters. The fourth-order valence-electron chi connectivity index (χ4n) is 4.50. The van der Waals surface area contributed by atoms with E-state index in [2.05, 4.69) is 35.8 Å². The van der Waals surface area contributed by atoms with Crippen LogP contribution in [0.4, 0.5) is 11.5 Å². The third kappa shape index (κ3) is 3.94. The highest BCUT2D eigenvalue weighted by Gasteiger charge is 2.26. The van der Waals surface area contributed by atoms with Gasteiger partial charge in [0.05, 0.1) is 43.9 Å². The molecule has 2 aliphatic rings. The van der Waals surface area contributed by atoms with Gasteiger partial charge >= 0.3 is 0 Å². The normalized spacial score (nSPS) is 21.7. The summed E-state index contributed by atoms with van der Waals surface area (Å²) in [4.78, 5) is 25.7. The van der Waals surface area contributed by atoms with Crippen LogP contribution in [0.1, 0.15) is 24.2 Å². The molecule has 0 aliphatic carbocycles. The fourth-order valence-corrected chi connectivity index (χ4v) is 4.50. The number of hydrogen-bond acceptors (Lipinski definition) is 7. The van der Waals surface area contributed by atoms with Crippen LogP contribution in [0.15, 0.2) is 42.5 Å². The summed E-state index contributed by atoms with van der Waals surface area (Å²) in [5.41, 5.74) is 4.34. The summed E-state index contributed by atoms with van der Waals surface area (Å²) in [7, 11) is 0. The van der Waals surface area contributed by atoms with Gasteiger partial charge in [-0.05, 0) is 26.0 Å². The van der Waals surface area contributed by atoms with Crippen LogP contribution in [-0.4, -0.2) is 67.9 Å². The first-order chi connectivity index (χ1) is 15.6. The summed E-state index contributed by atoms with van der Waals surface area (Å²) < 4.78 is 11.3. The van der Waals surface area contributed by atoms with Crippen molar-refractivity contribution in [3.63, 3.8) is 0 Å². The zero-order valence-corrected chi connectivity index (χ0v) is 18.5. The lowest BCUT2D eigenvalue weighted by molar-refractivity contribution is 0.0981. The number of ether oxygens (including phenoxy) is 2. The number of rotatable bonds is 4. The molecule has 5 rings (SSSR count). The molecule has 166 valence electrons. The topological polar surface area (TPSA) is 67.8 Å². The van der Waals surface area contributed by atoms with Crippen molar-refractivity contribution in [3.05, 3.63) is 48.0 Å². The molecule has 0 radical (unpaired) electrons. The molecule has 0 bridgehead atoms. The molecule has 2 saturated heterocycles. The number of benzene rings is 1. The maximum Gasteiger partial charge on any atom is 0.164 e. The van der Waals surface area contributed by atoms with Crippen LogP contribution < -0.4 is 9.80 Å². The average molecular weight is 433 g/mol. The van der Waals surface area contributed by atoms with Gasteiger partial charge in [0.1, 0.15) is 12.1 Å². The van der Waals surface area contributed by atoms with E-state index in [0.29, 0.717) is 32.0 Å². The van der Waals surface area contributed by atoms with Crippen molar-refractivity contribution in [1.29, 1.82) is 0 Å². The van der Waals surface area contributed by atoms with Gasteiger partial charge in [0, 0.05) is 41.7 Å². The van der Waals surface area contributed by atoms with E-state index in [-0.39, 0.29) is 12.1 Å². The Morgan fingerprint density at radius 3 is 2.25 bits per heavy atom. The van der Waals surface area contributed by atoms with Gasteiger partial charge < -0.3 is 19.3 Å². The molecule has 4 heterocycles. The molecule has 3 aromatic rings. The van der Waals surface area contributed by atoms with Gasteiger partial charge in [0.25, 0.3) is 0 Å². The molecule has 0 spiro atoms. The first-order valence-corrected chi connectivity index (χ1v) is 11.2. The van der Waals surface area contributed by atoms with Gasteiger partial charge in [0.15, 0.2) is 5.65 Å². The standard InChI is InChI=1S/C25H28N4O3/c1-17-15-31-11-9-28(17)23-13-24(29-10-12-32-16-18(29)2)27-25-21(23)7-8-22(26-25)20-5-3-19(14-30)4-6-20/h3-8,13-14,17-18H,9-12,15-16H2,1-2H3/t17-,18-/m0/s1. The average Bonchev–Trinajstić information content (AvgIpc) is 2.84. The number of fused-ring (bicyclic) bond motifs is 1. The van der Waals surface area contributed by atoms with Crippen molar-refractivity contribution < 1.29 is 14.3 Å². The molecule has 2 fully saturated rings. The van der Waals surface area contributed by atoms with E-state index in [0.717, 1.165) is 53.2 Å². The maximum absolute atomic E-state index is 11.0. The molecule has 7 nitrogen and oxygen atoms in total. The summed E-state index contributed by atoms with van der Waals surface area (Å²) in [6.45, 7) is 8.83. The van der Waals surface area contributed by atoms with Crippen LogP contribution >= 0.6 is 0 Å². The summed E-state index contributed by atoms with van der Waals surface area (Å²) >= 11 is 0. The number of nitrogens with zero attached hydrogens (tertiary/aromatic N) is 4. The van der Waals surface area contributed by atoms with Crippen molar-refractivity contribution >= 4 is 28.8 Å². The van der Waals surface area contributed by atoms with Crippen molar-refractivity contribution in [2.24, 2.45) is 0 Å². The summed E-state index contributed by atoms with van der Waals surface area (Å²) in [6.07, 6.45) is 0.852. The summed E-state index contributed by atoms with van der Waals surface area (Å²) in [5, 5.41) is 1.04. The Kier molecular flexibility index (Phi) is 5.76. The van der Waals surface area contributed by atoms with E-state index in [9.17, 15) is 4.79 Å². The Morgan fingerprint density at radius 2 is 1.59 bits per heavy atom. The smallest absolute Gasteiger partial charge is 0.164 e. The Morgan fingerprint density at radius 1 is 0.906 bits per heavy atom. The Labute approximate surface area is 188 Å². The Balaban J connectivity index is 1.63. The SMILES string of the molecule is C[C@H]1COCCN1c1cc(N2CCOC[C@@H]2C)c2ccc(-c3ccc(C=O)cc3)nc2n1. The van der Waals surface area contributed by atoms with Crippen molar-refractivity contribution in [3.8, 4) is 11.3 Å². The third-order valence-electron chi connectivity index (χ3n) is 6.32. The van der Waals surface area contributed by atoms with Crippen molar-refractivity contribution in [1.82, 2.24) is 9.97 Å². The van der Waals surface area contributed by atoms with E-state index in [1.54, 1.807) is 0 Å². The fraction of sp³-hybridized carbons (Fsp3) is 0.400. The number of pyridine rings is 2. The van der Waals surface area contributed by atoms with Crippen LogP contribution in [0.3, 0.4) is 0 Å². The number of morpholine rings is 2. The lowest BCUT2D eigenvalue weighted by atomic mass is 10.1. The molecule has 7 heteroatoms. The molecular weight excluding hydrogens is 404 g/mol. The zero-order valence-electron chi connectivity index (χ0n) is 18.5. The minimum Gasteiger partial charge on any atom is -0.377 e. The molecule has 2 aliphatic heterocycles. The largest absolute Gasteiger partial charge is 0.377 e. The second kappa shape index (κ2) is 8.84. The lowest BCUT2D eigenvalue weighted by Gasteiger charge is -2.38. The van der Waals surface area contributed by atoms with Gasteiger partial charge in [-0.2, -0.15) is 0 Å². The predicted octanol–water partition coefficient (Wildman–Crippen LogP) is 3.56. The van der Waals surface area contributed by atoms with Crippen LogP contribution in [0, 0.1) is 0 Å². The highest BCUT2D eigenvalue weighted by atomic mass is 16.5. The van der Waals surface area contributed by atoms with Crippen LogP contribution in [0.5, 0.6) is 0 Å². The first-order valence-electron chi connectivity index (χ1n) is 11.2. The first kappa shape index (κ1) is 20.8. The van der Waals surface area contributed by atoms with Crippen molar-refractivity contribution in [2.75, 3.05) is 49.3 Å². The lowest BCUT2D eigenvalue weighted by Crippen LogP contribution is -2.45. The minimum atomic E-state index is 0.253. The minimum absolute atomic E-state index is 0.253. The monoisotopic (exact) mass is 432 g/mol. The predicted molar refractivity (Wildman–Crippen MR) is 126 cm³/mol. The number of anilines is 2. The van der Waals surface area contributed by atoms with Gasteiger partial charge in [0.2, 0.25) is 0 Å². The molecular formula is C25H28N4O3. The maximum atomic E-state index is 11.0. The van der Waals surface area contributed by atoms with Crippen molar-refractivity contribution in [2.45, 2.75) is 25.9 Å². The highest BCUT2D eigenvalue weighted by molar-refractivity contribution is 5.93. The number of hydrogen-bond donors (Lipinski definition) is 0. The molecule has 0 amide bonds. The van der Waals surface area contributed by atoms with E-state index < -0.39 is 0 Å². The number of carbonyl (C=O) groups excluding carboxylic acids is 1. The third-order valence-corrected chi connectivity index (χ3v) is 6.32. The second-order valence-corrected chi connectivity index (χ2v) is 8.54. The molecule has 2 aromatic heterocycles. The molecule has 32 heavy (non-hydrogen) atoms. The Bertz CT molecular complexity index is 1120. The van der Waals surface area contributed by atoms with Gasteiger partial charge in [-0.1, -0.05) is 24.3 Å². The zero-order chi connectivity index (χ0) is 22.1. The number of aldehydes is 1. The van der Waals surface area contributed by atoms with Crippen LogP contribution in [0.25, 0.3) is 22.3 Å². The number of aromatic nitrogens is 2. The van der Waals surface area contributed by atoms with E-state index in [1.807, 2.05) is 30.3 Å². The van der Waals surface area contributed by atoms with Gasteiger partial charge in [-0.3, -0.25) is 4.79 Å². The Hall–Kier alpha value is -3.03. The highest BCUT2D eigenvalue weighted by Crippen LogP contribution is 2.34. The quantitative estimate of drug-likeness (QED) is 0.584. The number of carbonyl (C=O) groups is 1. The second-order valence-electron chi connectivity index (χ2n) is 8.54. The van der Waals surface area contributed by atoms with Gasteiger partial charge in [-0.25, -0.2) is 9.97 Å².